The van der Waals surface area contributed by atoms with Crippen molar-refractivity contribution in [1.29, 1.82) is 0 Å². The zero-order chi connectivity index (χ0) is 23.4. The number of benzene rings is 1. The van der Waals surface area contributed by atoms with Crippen molar-refractivity contribution in [3.8, 4) is 5.75 Å². The minimum absolute atomic E-state index is 0.0686. The number of carbonyl (C=O) groups excluding carboxylic acids is 2. The second-order valence-electron chi connectivity index (χ2n) is 8.39. The van der Waals surface area contributed by atoms with Gasteiger partial charge in [-0.05, 0) is 41.9 Å². The van der Waals surface area contributed by atoms with E-state index in [0.29, 0.717) is 11.3 Å². The van der Waals surface area contributed by atoms with Crippen molar-refractivity contribution in [2.45, 2.75) is 57.0 Å². The summed E-state index contributed by atoms with van der Waals surface area (Å²) in [5.41, 5.74) is -0.823. The molecule has 0 spiro atoms. The van der Waals surface area contributed by atoms with Crippen LogP contribution in [0.15, 0.2) is 35.9 Å². The predicted molar refractivity (Wildman–Crippen MR) is 112 cm³/mol. The number of carbonyl (C=O) groups is 2. The average molecular weight is 466 g/mol. The van der Waals surface area contributed by atoms with Gasteiger partial charge in [-0.3, -0.25) is 4.79 Å². The fourth-order valence-electron chi connectivity index (χ4n) is 2.39. The standard InChI is InChI=1S/C20H27ClF3NO4Si/c1-18(2,3)30(5,6)29-15-9-7-8-14(12-15)13-19(10-11-21,17(27)28-4)25-16(26)20(22,23)24/h7-12H,13H2,1-6H3,(H,25,26)/b11-10+/t19-/m1/s1. The zero-order valence-electron chi connectivity index (χ0n) is 17.8. The second kappa shape index (κ2) is 9.43. The molecule has 0 aromatic heterocycles. The van der Waals surface area contributed by atoms with Crippen molar-refractivity contribution in [2.75, 3.05) is 7.11 Å². The molecule has 10 heteroatoms. The lowest BCUT2D eigenvalue weighted by Gasteiger charge is -2.36. The molecule has 0 saturated carbocycles. The van der Waals surface area contributed by atoms with Gasteiger partial charge in [-0.2, -0.15) is 13.2 Å². The van der Waals surface area contributed by atoms with Crippen LogP contribution in [-0.2, 0) is 20.7 Å². The van der Waals surface area contributed by atoms with E-state index in [0.717, 1.165) is 18.7 Å². The maximum atomic E-state index is 12.9. The Bertz CT molecular complexity index is 806. The first kappa shape index (κ1) is 26.0. The molecular formula is C20H27ClF3NO4Si. The summed E-state index contributed by atoms with van der Waals surface area (Å²) in [6, 6.07) is 6.63. The Labute approximate surface area is 180 Å². The van der Waals surface area contributed by atoms with Crippen molar-refractivity contribution in [2.24, 2.45) is 0 Å². The molecule has 0 saturated heterocycles. The van der Waals surface area contributed by atoms with E-state index in [1.807, 2.05) is 0 Å². The third kappa shape index (κ3) is 6.50. The van der Waals surface area contributed by atoms with Gasteiger partial charge in [0.25, 0.3) is 0 Å². The molecule has 0 aliphatic heterocycles. The normalized spacial score (nSPS) is 14.9. The molecule has 1 aromatic carbocycles. The van der Waals surface area contributed by atoms with Crippen molar-refractivity contribution >= 4 is 31.8 Å². The summed E-state index contributed by atoms with van der Waals surface area (Å²) in [5.74, 6) is -2.85. The van der Waals surface area contributed by atoms with E-state index in [1.165, 1.54) is 0 Å². The highest BCUT2D eigenvalue weighted by molar-refractivity contribution is 6.74. The Balaban J connectivity index is 3.34. The number of esters is 1. The molecule has 0 aliphatic carbocycles. The first-order chi connectivity index (χ1) is 13.6. The number of hydrogen-bond donors (Lipinski definition) is 1. The van der Waals surface area contributed by atoms with Crippen LogP contribution in [0.4, 0.5) is 13.2 Å². The summed E-state index contributed by atoms with van der Waals surface area (Å²) in [6.07, 6.45) is -4.54. The first-order valence-corrected chi connectivity index (χ1v) is 12.5. The summed E-state index contributed by atoms with van der Waals surface area (Å²) < 4.78 is 49.4. The van der Waals surface area contributed by atoms with Crippen LogP contribution >= 0.6 is 11.6 Å². The summed E-state index contributed by atoms with van der Waals surface area (Å²) in [7, 11) is -1.16. The molecule has 30 heavy (non-hydrogen) atoms. The van der Waals surface area contributed by atoms with Crippen molar-refractivity contribution in [3.63, 3.8) is 0 Å². The van der Waals surface area contributed by atoms with Gasteiger partial charge in [0.05, 0.1) is 7.11 Å². The molecular weight excluding hydrogens is 439 g/mol. The van der Waals surface area contributed by atoms with Crippen LogP contribution in [0.2, 0.25) is 18.1 Å². The quantitative estimate of drug-likeness (QED) is 0.457. The lowest BCUT2D eigenvalue weighted by Crippen LogP contribution is -2.58. The molecule has 1 N–H and O–H groups in total. The Morgan fingerprint density at radius 2 is 1.80 bits per heavy atom. The van der Waals surface area contributed by atoms with Crippen LogP contribution in [0.5, 0.6) is 5.75 Å². The zero-order valence-corrected chi connectivity index (χ0v) is 19.6. The number of rotatable bonds is 7. The summed E-state index contributed by atoms with van der Waals surface area (Å²) in [6.45, 7) is 10.3. The fourth-order valence-corrected chi connectivity index (χ4v) is 3.63. The molecule has 0 fully saturated rings. The molecule has 168 valence electrons. The number of methoxy groups -OCH3 is 1. The second-order valence-corrected chi connectivity index (χ2v) is 13.4. The number of hydrogen-bond acceptors (Lipinski definition) is 4. The topological polar surface area (TPSA) is 64.6 Å². The van der Waals surface area contributed by atoms with Gasteiger partial charge >= 0.3 is 18.1 Å². The number of ether oxygens (including phenoxy) is 1. The highest BCUT2D eigenvalue weighted by Crippen LogP contribution is 2.37. The maximum absolute atomic E-state index is 12.9. The van der Waals surface area contributed by atoms with E-state index in [4.69, 9.17) is 16.0 Å². The molecule has 1 amide bonds. The van der Waals surface area contributed by atoms with E-state index >= 15 is 0 Å². The van der Waals surface area contributed by atoms with Crippen LogP contribution in [0, 0.1) is 0 Å². The first-order valence-electron chi connectivity index (χ1n) is 9.11. The van der Waals surface area contributed by atoms with Crippen LogP contribution in [0.3, 0.4) is 0 Å². The number of nitrogens with one attached hydrogen (secondary N) is 1. The van der Waals surface area contributed by atoms with Gasteiger partial charge in [0.15, 0.2) is 5.54 Å². The molecule has 0 unspecified atom stereocenters. The molecule has 0 radical (unpaired) electrons. The number of amides is 1. The third-order valence-corrected chi connectivity index (χ3v) is 9.54. The van der Waals surface area contributed by atoms with E-state index in [9.17, 15) is 22.8 Å². The van der Waals surface area contributed by atoms with Gasteiger partial charge < -0.3 is 14.5 Å². The van der Waals surface area contributed by atoms with Gasteiger partial charge in [-0.25, -0.2) is 4.79 Å². The molecule has 1 aromatic rings. The van der Waals surface area contributed by atoms with Crippen molar-refractivity contribution in [3.05, 3.63) is 41.4 Å². The van der Waals surface area contributed by atoms with Gasteiger partial charge in [0, 0.05) is 12.0 Å². The highest BCUT2D eigenvalue weighted by Gasteiger charge is 2.47. The monoisotopic (exact) mass is 465 g/mol. The van der Waals surface area contributed by atoms with E-state index in [-0.39, 0.29) is 11.5 Å². The summed E-state index contributed by atoms with van der Waals surface area (Å²) in [5, 5.41) is 1.65. The van der Waals surface area contributed by atoms with E-state index in [1.54, 1.807) is 29.6 Å². The lowest BCUT2D eigenvalue weighted by atomic mass is 9.90. The Morgan fingerprint density at radius 3 is 2.27 bits per heavy atom. The van der Waals surface area contributed by atoms with Gasteiger partial charge in [-0.1, -0.05) is 44.5 Å². The largest absolute Gasteiger partial charge is 0.543 e. The summed E-state index contributed by atoms with van der Waals surface area (Å²) in [4.78, 5) is 24.0. The maximum Gasteiger partial charge on any atom is 0.471 e. The summed E-state index contributed by atoms with van der Waals surface area (Å²) >= 11 is 5.58. The van der Waals surface area contributed by atoms with E-state index in [2.05, 4.69) is 38.6 Å². The predicted octanol–water partition coefficient (Wildman–Crippen LogP) is 4.96. The number of alkyl halides is 3. The van der Waals surface area contributed by atoms with Crippen LogP contribution in [-0.4, -0.2) is 39.0 Å². The molecule has 5 nitrogen and oxygen atoms in total. The smallest absolute Gasteiger partial charge is 0.471 e. The molecule has 1 atom stereocenters. The molecule has 1 rings (SSSR count). The number of halogens is 4. The minimum atomic E-state index is -5.19. The van der Waals surface area contributed by atoms with Gasteiger partial charge in [0.1, 0.15) is 5.75 Å². The minimum Gasteiger partial charge on any atom is -0.543 e. The third-order valence-electron chi connectivity index (χ3n) is 5.05. The molecule has 0 bridgehead atoms. The Kier molecular flexibility index (Phi) is 8.18. The lowest BCUT2D eigenvalue weighted by molar-refractivity contribution is -0.177. The van der Waals surface area contributed by atoms with Gasteiger partial charge in [0.2, 0.25) is 8.32 Å². The average Bonchev–Trinajstić information content (AvgIpc) is 2.59. The van der Waals surface area contributed by atoms with Crippen LogP contribution in [0.25, 0.3) is 0 Å². The SMILES string of the molecule is COC(=O)[C@@](/C=C/Cl)(Cc1cccc(O[Si](C)(C)C(C)(C)C)c1)NC(=O)C(F)(F)F. The van der Waals surface area contributed by atoms with Crippen molar-refractivity contribution in [1.82, 2.24) is 5.32 Å². The Morgan fingerprint density at radius 1 is 1.20 bits per heavy atom. The molecule has 0 heterocycles. The fraction of sp³-hybridized carbons (Fsp3) is 0.500. The highest BCUT2D eigenvalue weighted by atomic mass is 35.5. The van der Waals surface area contributed by atoms with Gasteiger partial charge in [-0.15, -0.1) is 0 Å². The Hall–Kier alpha value is -2.00. The van der Waals surface area contributed by atoms with E-state index < -0.39 is 31.9 Å². The molecule has 0 aliphatic rings. The van der Waals surface area contributed by atoms with Crippen LogP contribution in [0.1, 0.15) is 26.3 Å². The van der Waals surface area contributed by atoms with Crippen molar-refractivity contribution < 1.29 is 31.9 Å². The van der Waals surface area contributed by atoms with Crippen LogP contribution < -0.4 is 9.74 Å².